The van der Waals surface area contributed by atoms with Gasteiger partial charge in [0.2, 0.25) is 0 Å². The van der Waals surface area contributed by atoms with Crippen molar-refractivity contribution in [1.82, 2.24) is 4.98 Å². The molecule has 23 heavy (non-hydrogen) atoms. The molecular formula is C17H12BrClN2OS. The molecule has 3 aromatic rings. The largest absolute Gasteiger partial charge is 0.302 e. The highest BCUT2D eigenvalue weighted by molar-refractivity contribution is 9.10. The SMILES string of the molecule is O=C(c1ccc(Cl)s1)N(Cc1ccccn1)c1ccc(Br)cc1. The molecule has 0 fully saturated rings. The molecule has 0 aliphatic carbocycles. The second kappa shape index (κ2) is 7.25. The van der Waals surface area contributed by atoms with Crippen LogP contribution in [0.4, 0.5) is 5.69 Å². The van der Waals surface area contributed by atoms with Crippen molar-refractivity contribution in [2.75, 3.05) is 4.90 Å². The highest BCUT2D eigenvalue weighted by Crippen LogP contribution is 2.27. The van der Waals surface area contributed by atoms with Gasteiger partial charge in [0.05, 0.1) is 21.5 Å². The zero-order valence-electron chi connectivity index (χ0n) is 11.9. The second-order valence-electron chi connectivity index (χ2n) is 4.79. The molecule has 0 aliphatic rings. The average molecular weight is 408 g/mol. The lowest BCUT2D eigenvalue weighted by Gasteiger charge is -2.22. The molecule has 116 valence electrons. The van der Waals surface area contributed by atoms with E-state index in [2.05, 4.69) is 20.9 Å². The standard InChI is InChI=1S/C17H12BrClN2OS/c18-12-4-6-14(7-5-12)21(11-13-3-1-2-10-20-13)17(22)15-8-9-16(19)23-15/h1-10H,11H2. The summed E-state index contributed by atoms with van der Waals surface area (Å²) in [6.45, 7) is 0.400. The lowest BCUT2D eigenvalue weighted by atomic mass is 10.2. The molecule has 0 N–H and O–H groups in total. The molecule has 0 unspecified atom stereocenters. The average Bonchev–Trinajstić information content (AvgIpc) is 3.00. The molecule has 1 amide bonds. The van der Waals surface area contributed by atoms with Gasteiger partial charge in [-0.3, -0.25) is 9.78 Å². The van der Waals surface area contributed by atoms with E-state index in [4.69, 9.17) is 11.6 Å². The Balaban J connectivity index is 1.95. The molecule has 0 radical (unpaired) electrons. The Bertz CT molecular complexity index is 805. The quantitative estimate of drug-likeness (QED) is 0.579. The van der Waals surface area contributed by atoms with Crippen molar-refractivity contribution in [3.8, 4) is 0 Å². The number of rotatable bonds is 4. The number of amides is 1. The number of carbonyl (C=O) groups is 1. The van der Waals surface area contributed by atoms with E-state index in [-0.39, 0.29) is 5.91 Å². The van der Waals surface area contributed by atoms with E-state index in [0.717, 1.165) is 15.9 Å². The zero-order chi connectivity index (χ0) is 16.2. The summed E-state index contributed by atoms with van der Waals surface area (Å²) in [6.07, 6.45) is 1.72. The summed E-state index contributed by atoms with van der Waals surface area (Å²) in [6, 6.07) is 16.8. The van der Waals surface area contributed by atoms with E-state index in [1.807, 2.05) is 42.5 Å². The Morgan fingerprint density at radius 1 is 1.13 bits per heavy atom. The molecule has 0 saturated heterocycles. The van der Waals surface area contributed by atoms with Gasteiger partial charge in [-0.2, -0.15) is 0 Å². The number of anilines is 1. The number of benzene rings is 1. The van der Waals surface area contributed by atoms with Crippen molar-refractivity contribution >= 4 is 50.5 Å². The van der Waals surface area contributed by atoms with Crippen LogP contribution in [-0.4, -0.2) is 10.9 Å². The van der Waals surface area contributed by atoms with Crippen LogP contribution >= 0.6 is 38.9 Å². The first-order valence-electron chi connectivity index (χ1n) is 6.86. The molecule has 2 heterocycles. The van der Waals surface area contributed by atoms with Gasteiger partial charge in [-0.15, -0.1) is 11.3 Å². The normalized spacial score (nSPS) is 10.5. The lowest BCUT2D eigenvalue weighted by molar-refractivity contribution is 0.0988. The van der Waals surface area contributed by atoms with Crippen LogP contribution in [0.15, 0.2) is 65.3 Å². The van der Waals surface area contributed by atoms with Crippen LogP contribution in [0.5, 0.6) is 0 Å². The van der Waals surface area contributed by atoms with Crippen LogP contribution < -0.4 is 4.90 Å². The zero-order valence-corrected chi connectivity index (χ0v) is 15.1. The molecule has 3 rings (SSSR count). The number of hydrogen-bond acceptors (Lipinski definition) is 3. The monoisotopic (exact) mass is 406 g/mol. The number of carbonyl (C=O) groups excluding carboxylic acids is 1. The lowest BCUT2D eigenvalue weighted by Crippen LogP contribution is -2.30. The minimum Gasteiger partial charge on any atom is -0.302 e. The summed E-state index contributed by atoms with van der Waals surface area (Å²) in [5, 5.41) is 0. The number of hydrogen-bond donors (Lipinski definition) is 0. The van der Waals surface area contributed by atoms with Crippen molar-refractivity contribution in [2.24, 2.45) is 0 Å². The molecule has 6 heteroatoms. The summed E-state index contributed by atoms with van der Waals surface area (Å²) in [7, 11) is 0. The Kier molecular flexibility index (Phi) is 5.10. The number of halogens is 2. The third-order valence-corrected chi connectivity index (χ3v) is 4.96. The summed E-state index contributed by atoms with van der Waals surface area (Å²) in [5.74, 6) is -0.0881. The van der Waals surface area contributed by atoms with Gasteiger partial charge in [0.25, 0.3) is 5.91 Å². The van der Waals surface area contributed by atoms with Crippen LogP contribution in [0.2, 0.25) is 4.34 Å². The van der Waals surface area contributed by atoms with Crippen LogP contribution in [-0.2, 0) is 6.54 Å². The molecule has 2 aromatic heterocycles. The molecule has 0 aliphatic heterocycles. The summed E-state index contributed by atoms with van der Waals surface area (Å²) >= 11 is 10.7. The topological polar surface area (TPSA) is 33.2 Å². The predicted molar refractivity (Wildman–Crippen MR) is 98.2 cm³/mol. The highest BCUT2D eigenvalue weighted by Gasteiger charge is 2.20. The molecule has 1 aromatic carbocycles. The molecule has 0 atom stereocenters. The Morgan fingerprint density at radius 2 is 1.91 bits per heavy atom. The maximum Gasteiger partial charge on any atom is 0.268 e. The van der Waals surface area contributed by atoms with E-state index < -0.39 is 0 Å². The van der Waals surface area contributed by atoms with Gasteiger partial charge in [-0.1, -0.05) is 33.6 Å². The highest BCUT2D eigenvalue weighted by atomic mass is 79.9. The van der Waals surface area contributed by atoms with E-state index in [1.54, 1.807) is 23.2 Å². The fourth-order valence-corrected chi connectivity index (χ4v) is 3.37. The fourth-order valence-electron chi connectivity index (χ4n) is 2.12. The number of pyridine rings is 1. The Labute approximate surface area is 151 Å². The Hall–Kier alpha value is -1.69. The van der Waals surface area contributed by atoms with Gasteiger partial charge in [0, 0.05) is 16.4 Å². The minimum atomic E-state index is -0.0881. The van der Waals surface area contributed by atoms with Crippen molar-refractivity contribution in [3.63, 3.8) is 0 Å². The van der Waals surface area contributed by atoms with Gasteiger partial charge in [-0.05, 0) is 48.5 Å². The van der Waals surface area contributed by atoms with E-state index in [0.29, 0.717) is 15.8 Å². The van der Waals surface area contributed by atoms with Crippen molar-refractivity contribution in [1.29, 1.82) is 0 Å². The molecule has 3 nitrogen and oxygen atoms in total. The van der Waals surface area contributed by atoms with Gasteiger partial charge >= 0.3 is 0 Å². The number of aromatic nitrogens is 1. The third-order valence-electron chi connectivity index (χ3n) is 3.21. The summed E-state index contributed by atoms with van der Waals surface area (Å²) in [4.78, 5) is 19.5. The second-order valence-corrected chi connectivity index (χ2v) is 7.42. The van der Waals surface area contributed by atoms with Crippen molar-refractivity contribution in [3.05, 3.63) is 80.2 Å². The maximum atomic E-state index is 12.9. The summed E-state index contributed by atoms with van der Waals surface area (Å²) in [5.41, 5.74) is 1.64. The minimum absolute atomic E-state index is 0.0881. The number of thiophene rings is 1. The third kappa shape index (κ3) is 3.99. The molecule has 0 saturated carbocycles. The van der Waals surface area contributed by atoms with Crippen LogP contribution in [0.25, 0.3) is 0 Å². The van der Waals surface area contributed by atoms with Crippen LogP contribution in [0.1, 0.15) is 15.4 Å². The summed E-state index contributed by atoms with van der Waals surface area (Å²) < 4.78 is 1.56. The first-order chi connectivity index (χ1) is 11.1. The van der Waals surface area contributed by atoms with Gasteiger partial charge in [0.1, 0.15) is 0 Å². The van der Waals surface area contributed by atoms with E-state index in [1.165, 1.54) is 11.3 Å². The molecular weight excluding hydrogens is 396 g/mol. The smallest absolute Gasteiger partial charge is 0.268 e. The van der Waals surface area contributed by atoms with E-state index in [9.17, 15) is 4.79 Å². The fraction of sp³-hybridized carbons (Fsp3) is 0.0588. The Morgan fingerprint density at radius 3 is 2.52 bits per heavy atom. The predicted octanol–water partition coefficient (Wildman–Crippen LogP) is 5.41. The van der Waals surface area contributed by atoms with Crippen LogP contribution in [0, 0.1) is 0 Å². The number of nitrogens with zero attached hydrogens (tertiary/aromatic N) is 2. The van der Waals surface area contributed by atoms with Gasteiger partial charge in [-0.25, -0.2) is 0 Å². The van der Waals surface area contributed by atoms with Crippen molar-refractivity contribution in [2.45, 2.75) is 6.54 Å². The van der Waals surface area contributed by atoms with Crippen molar-refractivity contribution < 1.29 is 4.79 Å². The first kappa shape index (κ1) is 16.2. The molecule has 0 bridgehead atoms. The molecule has 0 spiro atoms. The maximum absolute atomic E-state index is 12.9. The van der Waals surface area contributed by atoms with E-state index >= 15 is 0 Å². The van der Waals surface area contributed by atoms with Gasteiger partial charge in [0.15, 0.2) is 0 Å². The van der Waals surface area contributed by atoms with Gasteiger partial charge < -0.3 is 4.90 Å². The first-order valence-corrected chi connectivity index (χ1v) is 8.85. The van der Waals surface area contributed by atoms with Crippen LogP contribution in [0.3, 0.4) is 0 Å².